The Balaban J connectivity index is 2.22. The highest BCUT2D eigenvalue weighted by molar-refractivity contribution is 5.75. The molecule has 0 bridgehead atoms. The Morgan fingerprint density at radius 2 is 2.24 bits per heavy atom. The van der Waals surface area contributed by atoms with Crippen LogP contribution < -0.4 is 10.6 Å². The van der Waals surface area contributed by atoms with Crippen LogP contribution in [0.4, 0.5) is 5.82 Å². The minimum atomic E-state index is -0.546. The number of carbonyl (C=O) groups excluding carboxylic acids is 1. The molecule has 0 saturated carbocycles. The molecule has 0 radical (unpaired) electrons. The molecule has 9 nitrogen and oxygen atoms in total. The zero-order valence-electron chi connectivity index (χ0n) is 12.3. The summed E-state index contributed by atoms with van der Waals surface area (Å²) in [5, 5.41) is 16.5. The van der Waals surface area contributed by atoms with Crippen molar-refractivity contribution in [1.29, 1.82) is 0 Å². The summed E-state index contributed by atoms with van der Waals surface area (Å²) in [5.41, 5.74) is 0. The standard InChI is InChI=1S/C12H21N5O4/c1-10-15-11(17(19)20)9-16(10)7-3-12(18)14-5-4-13-6-8-21-2/h9,13H,3-8H2,1-2H3,(H,14,18). The maximum atomic E-state index is 11.6. The predicted molar refractivity (Wildman–Crippen MR) is 76.0 cm³/mol. The number of rotatable bonds is 10. The van der Waals surface area contributed by atoms with E-state index in [0.29, 0.717) is 32.1 Å². The summed E-state index contributed by atoms with van der Waals surface area (Å²) in [6.45, 7) is 4.62. The van der Waals surface area contributed by atoms with Crippen molar-refractivity contribution in [1.82, 2.24) is 20.2 Å². The molecule has 0 aliphatic heterocycles. The van der Waals surface area contributed by atoms with E-state index in [9.17, 15) is 14.9 Å². The number of nitrogens with zero attached hydrogens (tertiary/aromatic N) is 3. The SMILES string of the molecule is COCCNCCNC(=O)CCn1cc([N+](=O)[O-])nc1C. The molecule has 0 aliphatic carbocycles. The van der Waals surface area contributed by atoms with Gasteiger partial charge in [-0.2, -0.15) is 0 Å². The molecule has 118 valence electrons. The van der Waals surface area contributed by atoms with Crippen LogP contribution in [0.3, 0.4) is 0 Å². The molecule has 0 fully saturated rings. The van der Waals surface area contributed by atoms with Gasteiger partial charge in [0.1, 0.15) is 6.20 Å². The van der Waals surface area contributed by atoms with Crippen molar-refractivity contribution in [3.8, 4) is 0 Å². The number of aryl methyl sites for hydroxylation is 2. The molecule has 0 unspecified atom stereocenters. The molecule has 0 saturated heterocycles. The van der Waals surface area contributed by atoms with Crippen LogP contribution in [0, 0.1) is 17.0 Å². The van der Waals surface area contributed by atoms with Crippen molar-refractivity contribution in [2.45, 2.75) is 19.9 Å². The Kier molecular flexibility index (Phi) is 7.33. The lowest BCUT2D eigenvalue weighted by molar-refractivity contribution is -0.389. The van der Waals surface area contributed by atoms with Gasteiger partial charge in [-0.3, -0.25) is 4.79 Å². The highest BCUT2D eigenvalue weighted by atomic mass is 16.6. The van der Waals surface area contributed by atoms with Gasteiger partial charge in [-0.1, -0.05) is 0 Å². The Morgan fingerprint density at radius 3 is 2.86 bits per heavy atom. The van der Waals surface area contributed by atoms with Gasteiger partial charge in [0.2, 0.25) is 11.7 Å². The lowest BCUT2D eigenvalue weighted by Crippen LogP contribution is -2.33. The zero-order chi connectivity index (χ0) is 15.7. The quantitative estimate of drug-likeness (QED) is 0.353. The van der Waals surface area contributed by atoms with Crippen molar-refractivity contribution in [3.05, 3.63) is 22.1 Å². The lowest BCUT2D eigenvalue weighted by Gasteiger charge is -2.07. The predicted octanol–water partition coefficient (Wildman–Crippen LogP) is -0.158. The van der Waals surface area contributed by atoms with E-state index in [1.807, 2.05) is 0 Å². The molecule has 1 aromatic rings. The van der Waals surface area contributed by atoms with Crippen LogP contribution in [-0.2, 0) is 16.1 Å². The molecule has 0 aliphatic rings. The number of nitro groups is 1. The number of carbonyl (C=O) groups is 1. The third kappa shape index (κ3) is 6.32. The van der Waals surface area contributed by atoms with Gasteiger partial charge in [0, 0.05) is 46.6 Å². The van der Waals surface area contributed by atoms with Gasteiger partial charge in [-0.15, -0.1) is 0 Å². The van der Waals surface area contributed by atoms with E-state index in [-0.39, 0.29) is 18.1 Å². The summed E-state index contributed by atoms with van der Waals surface area (Å²) in [5.74, 6) is 0.227. The third-order valence-corrected chi connectivity index (χ3v) is 2.84. The first-order chi connectivity index (χ1) is 10.0. The number of aromatic nitrogens is 2. The molecular formula is C12H21N5O4. The molecule has 1 aromatic heterocycles. The molecule has 1 amide bonds. The van der Waals surface area contributed by atoms with Crippen molar-refractivity contribution < 1.29 is 14.5 Å². The first kappa shape index (κ1) is 17.1. The average molecular weight is 299 g/mol. The van der Waals surface area contributed by atoms with E-state index < -0.39 is 4.92 Å². The molecule has 0 spiro atoms. The van der Waals surface area contributed by atoms with Crippen LogP contribution in [0.15, 0.2) is 6.20 Å². The van der Waals surface area contributed by atoms with Gasteiger partial charge in [0.15, 0.2) is 0 Å². The number of hydrogen-bond acceptors (Lipinski definition) is 6. The molecule has 21 heavy (non-hydrogen) atoms. The zero-order valence-corrected chi connectivity index (χ0v) is 12.3. The maximum Gasteiger partial charge on any atom is 0.381 e. The Morgan fingerprint density at radius 1 is 1.48 bits per heavy atom. The molecule has 2 N–H and O–H groups in total. The van der Waals surface area contributed by atoms with Crippen LogP contribution in [0.1, 0.15) is 12.2 Å². The summed E-state index contributed by atoms with van der Waals surface area (Å²) in [7, 11) is 1.63. The number of nitrogens with one attached hydrogen (secondary N) is 2. The molecule has 1 heterocycles. The van der Waals surface area contributed by atoms with Crippen LogP contribution in [0.5, 0.6) is 0 Å². The second-order valence-corrected chi connectivity index (χ2v) is 4.44. The Hall–Kier alpha value is -2.00. The van der Waals surface area contributed by atoms with Gasteiger partial charge < -0.3 is 30.1 Å². The van der Waals surface area contributed by atoms with Crippen molar-refractivity contribution in [3.63, 3.8) is 0 Å². The molecular weight excluding hydrogens is 278 g/mol. The number of amides is 1. The number of ether oxygens (including phenoxy) is 1. The van der Waals surface area contributed by atoms with Gasteiger partial charge in [0.05, 0.1) is 6.61 Å². The van der Waals surface area contributed by atoms with E-state index in [4.69, 9.17) is 4.74 Å². The van der Waals surface area contributed by atoms with E-state index in [0.717, 1.165) is 6.54 Å². The van der Waals surface area contributed by atoms with Gasteiger partial charge in [-0.05, 0) is 9.91 Å². The summed E-state index contributed by atoms with van der Waals surface area (Å²) in [6.07, 6.45) is 1.60. The normalized spacial score (nSPS) is 10.6. The summed E-state index contributed by atoms with van der Waals surface area (Å²) >= 11 is 0. The van der Waals surface area contributed by atoms with E-state index in [2.05, 4.69) is 15.6 Å². The first-order valence-electron chi connectivity index (χ1n) is 6.69. The van der Waals surface area contributed by atoms with E-state index in [1.165, 1.54) is 6.20 Å². The summed E-state index contributed by atoms with van der Waals surface area (Å²) in [4.78, 5) is 25.5. The van der Waals surface area contributed by atoms with Crippen LogP contribution in [0.25, 0.3) is 0 Å². The largest absolute Gasteiger partial charge is 0.383 e. The second-order valence-electron chi connectivity index (χ2n) is 4.44. The van der Waals surface area contributed by atoms with Gasteiger partial charge in [0.25, 0.3) is 0 Å². The average Bonchev–Trinajstić information content (AvgIpc) is 2.82. The summed E-state index contributed by atoms with van der Waals surface area (Å²) in [6, 6.07) is 0. The lowest BCUT2D eigenvalue weighted by atomic mass is 10.4. The highest BCUT2D eigenvalue weighted by Gasteiger charge is 2.15. The fourth-order valence-electron chi connectivity index (χ4n) is 1.71. The fraction of sp³-hybridized carbons (Fsp3) is 0.667. The molecule has 9 heteroatoms. The van der Waals surface area contributed by atoms with E-state index in [1.54, 1.807) is 18.6 Å². The Labute approximate surface area is 122 Å². The fourth-order valence-corrected chi connectivity index (χ4v) is 1.71. The number of hydrogen-bond donors (Lipinski definition) is 2. The minimum Gasteiger partial charge on any atom is -0.383 e. The van der Waals surface area contributed by atoms with Crippen LogP contribution >= 0.6 is 0 Å². The maximum absolute atomic E-state index is 11.6. The highest BCUT2D eigenvalue weighted by Crippen LogP contribution is 2.10. The number of imidazole rings is 1. The van der Waals surface area contributed by atoms with E-state index >= 15 is 0 Å². The van der Waals surface area contributed by atoms with Gasteiger partial charge in [-0.25, -0.2) is 0 Å². The molecule has 1 rings (SSSR count). The van der Waals surface area contributed by atoms with Crippen molar-refractivity contribution >= 4 is 11.7 Å². The van der Waals surface area contributed by atoms with Crippen LogP contribution in [-0.4, -0.2) is 53.7 Å². The minimum absolute atomic E-state index is 0.0979. The smallest absolute Gasteiger partial charge is 0.381 e. The third-order valence-electron chi connectivity index (χ3n) is 2.84. The first-order valence-corrected chi connectivity index (χ1v) is 6.69. The monoisotopic (exact) mass is 299 g/mol. The van der Waals surface area contributed by atoms with Crippen molar-refractivity contribution in [2.24, 2.45) is 0 Å². The number of methoxy groups -OCH3 is 1. The topological polar surface area (TPSA) is 111 Å². The van der Waals surface area contributed by atoms with Gasteiger partial charge >= 0.3 is 5.82 Å². The van der Waals surface area contributed by atoms with Crippen LogP contribution in [0.2, 0.25) is 0 Å². The second kappa shape index (κ2) is 9.03. The Bertz CT molecular complexity index is 474. The molecule has 0 atom stereocenters. The van der Waals surface area contributed by atoms with Crippen molar-refractivity contribution in [2.75, 3.05) is 33.4 Å². The molecule has 0 aromatic carbocycles. The summed E-state index contributed by atoms with van der Waals surface area (Å²) < 4.78 is 6.49.